The van der Waals surface area contributed by atoms with E-state index in [4.69, 9.17) is 4.74 Å². The highest BCUT2D eigenvalue weighted by Gasteiger charge is 2.70. The molecular weight excluding hydrogens is 358 g/mol. The van der Waals surface area contributed by atoms with Crippen LogP contribution in [0.5, 0.6) is 0 Å². The summed E-state index contributed by atoms with van der Waals surface area (Å²) in [7, 11) is 1.60. The molecule has 0 saturated carbocycles. The summed E-state index contributed by atoms with van der Waals surface area (Å²) >= 11 is 0. The van der Waals surface area contributed by atoms with Crippen molar-refractivity contribution in [1.82, 2.24) is 10.2 Å². The lowest BCUT2D eigenvalue weighted by Gasteiger charge is -2.30. The van der Waals surface area contributed by atoms with Crippen LogP contribution < -0.4 is 10.6 Å². The highest BCUT2D eigenvalue weighted by atomic mass is 16.5. The molecule has 0 aliphatic carbocycles. The molecule has 28 heavy (non-hydrogen) atoms. The maximum atomic E-state index is 13.4. The fraction of sp³-hybridized carbons (Fsp3) is 0.571. The fourth-order valence-electron chi connectivity index (χ4n) is 5.13. The maximum absolute atomic E-state index is 13.4. The van der Waals surface area contributed by atoms with Gasteiger partial charge in [0.15, 0.2) is 0 Å². The number of hydrogen-bond acceptors (Lipinski definition) is 5. The number of likely N-dealkylation sites (tertiary alicyclic amines) is 1. The molecule has 0 radical (unpaired) electrons. The largest absolute Gasteiger partial charge is 0.385 e. The number of methoxy groups -OCH3 is 1. The number of imide groups is 1. The number of nitrogens with one attached hydrogen (secondary N) is 2. The lowest BCUT2D eigenvalue weighted by molar-refractivity contribution is -0.143. The molecule has 1 aromatic carbocycles. The monoisotopic (exact) mass is 385 g/mol. The number of amides is 3. The molecule has 0 aromatic heterocycles. The summed E-state index contributed by atoms with van der Waals surface area (Å²) in [5.41, 5.74) is 1.28. The van der Waals surface area contributed by atoms with Crippen LogP contribution in [0, 0.1) is 24.7 Å². The van der Waals surface area contributed by atoms with Gasteiger partial charge >= 0.3 is 0 Å². The molecule has 3 heterocycles. The average Bonchev–Trinajstić information content (AvgIpc) is 3.24. The predicted molar refractivity (Wildman–Crippen MR) is 103 cm³/mol. The molecule has 4 atom stereocenters. The normalized spacial score (nSPS) is 31.1. The van der Waals surface area contributed by atoms with E-state index in [-0.39, 0.29) is 29.7 Å². The Balaban J connectivity index is 1.81. The van der Waals surface area contributed by atoms with E-state index < -0.39 is 17.4 Å². The molecule has 2 saturated heterocycles. The van der Waals surface area contributed by atoms with Crippen molar-refractivity contribution in [2.45, 2.75) is 38.8 Å². The van der Waals surface area contributed by atoms with Crippen molar-refractivity contribution < 1.29 is 19.1 Å². The third-order valence-electron chi connectivity index (χ3n) is 6.43. The van der Waals surface area contributed by atoms with Gasteiger partial charge in [0.05, 0.1) is 11.8 Å². The van der Waals surface area contributed by atoms with Crippen LogP contribution in [0.4, 0.5) is 5.69 Å². The van der Waals surface area contributed by atoms with Gasteiger partial charge in [-0.3, -0.25) is 24.6 Å². The molecule has 7 nitrogen and oxygen atoms in total. The zero-order chi connectivity index (χ0) is 20.2. The van der Waals surface area contributed by atoms with E-state index in [0.717, 1.165) is 16.8 Å². The first-order valence-electron chi connectivity index (χ1n) is 9.88. The maximum Gasteiger partial charge on any atom is 0.250 e. The molecule has 2 fully saturated rings. The molecule has 1 spiro atoms. The number of hydrogen-bond donors (Lipinski definition) is 2. The second kappa shape index (κ2) is 6.67. The smallest absolute Gasteiger partial charge is 0.250 e. The number of rotatable bonds is 5. The van der Waals surface area contributed by atoms with Crippen molar-refractivity contribution in [3.8, 4) is 0 Å². The summed E-state index contributed by atoms with van der Waals surface area (Å²) in [5.74, 6) is -1.83. The number of benzene rings is 1. The Morgan fingerprint density at radius 1 is 1.21 bits per heavy atom. The van der Waals surface area contributed by atoms with Crippen LogP contribution in [-0.2, 0) is 24.7 Å². The summed E-state index contributed by atoms with van der Waals surface area (Å²) in [6, 6.07) is 5.47. The first kappa shape index (κ1) is 19.1. The Hall–Kier alpha value is -2.25. The van der Waals surface area contributed by atoms with Crippen LogP contribution in [0.1, 0.15) is 31.4 Å². The highest BCUT2D eigenvalue weighted by molar-refractivity contribution is 6.15. The molecule has 0 bridgehead atoms. The topological polar surface area (TPSA) is 87.7 Å². The number of carbonyl (C=O) groups is 3. The van der Waals surface area contributed by atoms with E-state index in [1.165, 1.54) is 4.90 Å². The SMILES string of the molecule is COCCCN1C(=O)C2C(C(C)C)NC3(C(=O)Nc4c(C)cccc43)C2C1=O. The predicted octanol–water partition coefficient (Wildman–Crippen LogP) is 1.41. The number of nitrogens with zero attached hydrogens (tertiary/aromatic N) is 1. The van der Waals surface area contributed by atoms with Gasteiger partial charge in [0.1, 0.15) is 5.54 Å². The van der Waals surface area contributed by atoms with E-state index >= 15 is 0 Å². The van der Waals surface area contributed by atoms with Gasteiger partial charge in [-0.2, -0.15) is 0 Å². The van der Waals surface area contributed by atoms with E-state index in [0.29, 0.717) is 19.6 Å². The minimum absolute atomic E-state index is 0.101. The first-order chi connectivity index (χ1) is 13.3. The molecule has 150 valence electrons. The van der Waals surface area contributed by atoms with Gasteiger partial charge < -0.3 is 10.1 Å². The minimum atomic E-state index is -1.19. The summed E-state index contributed by atoms with van der Waals surface area (Å²) in [6.07, 6.45) is 0.585. The molecule has 3 aliphatic heterocycles. The van der Waals surface area contributed by atoms with E-state index in [1.54, 1.807) is 7.11 Å². The van der Waals surface area contributed by atoms with Crippen molar-refractivity contribution in [1.29, 1.82) is 0 Å². The third-order valence-corrected chi connectivity index (χ3v) is 6.43. The van der Waals surface area contributed by atoms with E-state index in [1.807, 2.05) is 39.0 Å². The molecular formula is C21H27N3O4. The fourth-order valence-corrected chi connectivity index (χ4v) is 5.13. The standard InChI is InChI=1S/C21H27N3O4/c1-11(2)16-14-15(19(26)24(18(14)25)9-6-10-28-4)21(23-16)13-8-5-7-12(3)17(13)22-20(21)27/h5,7-8,11,14-16,23H,6,9-10H2,1-4H3,(H,22,27). The number of para-hydroxylation sites is 1. The van der Waals surface area contributed by atoms with Crippen molar-refractivity contribution in [3.63, 3.8) is 0 Å². The van der Waals surface area contributed by atoms with Crippen LogP contribution in [0.3, 0.4) is 0 Å². The molecule has 2 N–H and O–H groups in total. The van der Waals surface area contributed by atoms with Crippen LogP contribution in [-0.4, -0.2) is 48.9 Å². The lowest BCUT2D eigenvalue weighted by atomic mass is 9.75. The second-order valence-electron chi connectivity index (χ2n) is 8.35. The molecule has 4 unspecified atom stereocenters. The molecule has 3 aliphatic rings. The van der Waals surface area contributed by atoms with Crippen LogP contribution in [0.15, 0.2) is 18.2 Å². The Labute approximate surface area is 164 Å². The third kappa shape index (κ3) is 2.39. The Kier molecular flexibility index (Phi) is 4.55. The average molecular weight is 385 g/mol. The quantitative estimate of drug-likeness (QED) is 0.591. The van der Waals surface area contributed by atoms with Crippen molar-refractivity contribution in [2.24, 2.45) is 17.8 Å². The van der Waals surface area contributed by atoms with Gasteiger partial charge in [-0.1, -0.05) is 32.0 Å². The Bertz CT molecular complexity index is 852. The van der Waals surface area contributed by atoms with Gasteiger partial charge in [-0.05, 0) is 24.8 Å². The van der Waals surface area contributed by atoms with E-state index in [2.05, 4.69) is 10.6 Å². The lowest BCUT2D eigenvalue weighted by Crippen LogP contribution is -2.54. The molecule has 4 rings (SSSR count). The zero-order valence-electron chi connectivity index (χ0n) is 16.7. The van der Waals surface area contributed by atoms with Gasteiger partial charge in [-0.25, -0.2) is 0 Å². The number of fused-ring (bicyclic) bond motifs is 4. The van der Waals surface area contributed by atoms with Gasteiger partial charge in [0.25, 0.3) is 0 Å². The summed E-state index contributed by atoms with van der Waals surface area (Å²) < 4.78 is 5.07. The van der Waals surface area contributed by atoms with E-state index in [9.17, 15) is 14.4 Å². The summed E-state index contributed by atoms with van der Waals surface area (Å²) in [6.45, 7) is 6.77. The second-order valence-corrected chi connectivity index (χ2v) is 8.35. The minimum Gasteiger partial charge on any atom is -0.385 e. The van der Waals surface area contributed by atoms with Gasteiger partial charge in [0.2, 0.25) is 17.7 Å². The van der Waals surface area contributed by atoms with Crippen molar-refractivity contribution >= 4 is 23.4 Å². The van der Waals surface area contributed by atoms with Crippen molar-refractivity contribution in [2.75, 3.05) is 25.6 Å². The first-order valence-corrected chi connectivity index (χ1v) is 9.88. The number of ether oxygens (including phenoxy) is 1. The van der Waals surface area contributed by atoms with Gasteiger partial charge in [0, 0.05) is 37.6 Å². The van der Waals surface area contributed by atoms with Crippen LogP contribution >= 0.6 is 0 Å². The number of aryl methyl sites for hydroxylation is 1. The molecule has 7 heteroatoms. The van der Waals surface area contributed by atoms with Crippen LogP contribution in [0.2, 0.25) is 0 Å². The molecule has 3 amide bonds. The Morgan fingerprint density at radius 3 is 2.64 bits per heavy atom. The summed E-state index contributed by atoms with van der Waals surface area (Å²) in [4.78, 5) is 41.2. The van der Waals surface area contributed by atoms with Crippen molar-refractivity contribution in [3.05, 3.63) is 29.3 Å². The summed E-state index contributed by atoms with van der Waals surface area (Å²) in [5, 5.41) is 6.41. The molecule has 1 aromatic rings. The highest BCUT2D eigenvalue weighted by Crippen LogP contribution is 2.54. The number of carbonyl (C=O) groups excluding carboxylic acids is 3. The number of anilines is 1. The van der Waals surface area contributed by atoms with Crippen LogP contribution in [0.25, 0.3) is 0 Å². The Morgan fingerprint density at radius 2 is 1.96 bits per heavy atom. The zero-order valence-corrected chi connectivity index (χ0v) is 16.7. The van der Waals surface area contributed by atoms with Gasteiger partial charge in [-0.15, -0.1) is 0 Å².